The highest BCUT2D eigenvalue weighted by Crippen LogP contribution is 2.19. The Balaban J connectivity index is 1.73. The number of carbonyl (C=O) groups excluding carboxylic acids is 3. The molecule has 1 heterocycles. The highest BCUT2D eigenvalue weighted by atomic mass is 32.1. The van der Waals surface area contributed by atoms with Crippen LogP contribution in [0.3, 0.4) is 0 Å². The number of para-hydroxylation sites is 1. The highest BCUT2D eigenvalue weighted by molar-refractivity contribution is 7.80. The molecule has 0 aliphatic heterocycles. The fraction of sp³-hybridized carbons (Fsp3) is 0.308. The summed E-state index contributed by atoms with van der Waals surface area (Å²) in [6, 6.07) is 9.02. The summed E-state index contributed by atoms with van der Waals surface area (Å²) in [4.78, 5) is 53.4. The number of H-pyrrole nitrogens is 1. The molecule has 3 amide bonds. The van der Waals surface area contributed by atoms with Crippen molar-refractivity contribution < 1.29 is 29.4 Å². The summed E-state index contributed by atoms with van der Waals surface area (Å²) < 4.78 is 0. The maximum atomic E-state index is 13.2. The monoisotopic (exact) mass is 541 g/mol. The Morgan fingerprint density at radius 1 is 0.895 bits per heavy atom. The Labute approximate surface area is 224 Å². The molecule has 0 saturated carbocycles. The minimum atomic E-state index is -1.29. The Morgan fingerprint density at radius 3 is 2.13 bits per heavy atom. The van der Waals surface area contributed by atoms with E-state index in [1.165, 1.54) is 19.1 Å². The van der Waals surface area contributed by atoms with E-state index >= 15 is 0 Å². The molecule has 4 atom stereocenters. The average Bonchev–Trinajstić information content (AvgIpc) is 3.30. The molecule has 4 unspecified atom stereocenters. The van der Waals surface area contributed by atoms with Gasteiger partial charge in [-0.05, 0) is 36.2 Å². The number of benzene rings is 2. The number of aromatic nitrogens is 1. The van der Waals surface area contributed by atoms with Crippen molar-refractivity contribution in [3.05, 3.63) is 65.9 Å². The molecule has 12 heteroatoms. The van der Waals surface area contributed by atoms with Crippen molar-refractivity contribution in [3.8, 4) is 5.75 Å². The molecule has 0 saturated heterocycles. The summed E-state index contributed by atoms with van der Waals surface area (Å²) >= 11 is 4.16. The van der Waals surface area contributed by atoms with Gasteiger partial charge >= 0.3 is 5.97 Å². The molecule has 0 fully saturated rings. The molecule has 8 N–H and O–H groups in total. The van der Waals surface area contributed by atoms with E-state index in [1.807, 2.05) is 24.3 Å². The van der Waals surface area contributed by atoms with Crippen LogP contribution in [-0.4, -0.2) is 68.8 Å². The molecule has 11 nitrogen and oxygen atoms in total. The van der Waals surface area contributed by atoms with Crippen molar-refractivity contribution >= 4 is 47.2 Å². The number of phenolic OH excluding ortho intramolecular Hbond substituents is 1. The van der Waals surface area contributed by atoms with Crippen molar-refractivity contribution in [2.75, 3.05) is 5.75 Å². The van der Waals surface area contributed by atoms with Crippen molar-refractivity contribution in [2.45, 2.75) is 43.9 Å². The van der Waals surface area contributed by atoms with E-state index in [-0.39, 0.29) is 24.3 Å². The fourth-order valence-corrected chi connectivity index (χ4v) is 4.10. The zero-order chi connectivity index (χ0) is 27.8. The lowest BCUT2D eigenvalue weighted by Gasteiger charge is -2.24. The van der Waals surface area contributed by atoms with Gasteiger partial charge in [0.25, 0.3) is 0 Å². The highest BCUT2D eigenvalue weighted by Gasteiger charge is 2.30. The number of aromatic hydroxyl groups is 1. The van der Waals surface area contributed by atoms with Gasteiger partial charge in [0.05, 0.1) is 6.04 Å². The maximum Gasteiger partial charge on any atom is 0.326 e. The largest absolute Gasteiger partial charge is 0.508 e. The van der Waals surface area contributed by atoms with Crippen molar-refractivity contribution in [2.24, 2.45) is 5.73 Å². The molecular formula is C26H31N5O6S. The molecule has 0 aliphatic carbocycles. The predicted octanol–water partition coefficient (Wildman–Crippen LogP) is 0.475. The van der Waals surface area contributed by atoms with Gasteiger partial charge in [-0.3, -0.25) is 14.4 Å². The van der Waals surface area contributed by atoms with Gasteiger partial charge in [-0.25, -0.2) is 4.79 Å². The number of thiol groups is 1. The van der Waals surface area contributed by atoms with Gasteiger partial charge < -0.3 is 36.9 Å². The molecule has 2 aromatic carbocycles. The lowest BCUT2D eigenvalue weighted by atomic mass is 10.0. The van der Waals surface area contributed by atoms with Crippen LogP contribution >= 0.6 is 12.6 Å². The number of nitrogens with two attached hydrogens (primary N) is 1. The summed E-state index contributed by atoms with van der Waals surface area (Å²) in [5.74, 6) is -3.30. The third-order valence-electron chi connectivity index (χ3n) is 5.95. The number of amides is 3. The van der Waals surface area contributed by atoms with Crippen LogP contribution in [0.25, 0.3) is 10.9 Å². The lowest BCUT2D eigenvalue weighted by molar-refractivity contribution is -0.142. The van der Waals surface area contributed by atoms with Crippen LogP contribution in [-0.2, 0) is 32.0 Å². The fourth-order valence-electron chi connectivity index (χ4n) is 3.84. The molecule has 202 valence electrons. The van der Waals surface area contributed by atoms with E-state index in [2.05, 4.69) is 33.6 Å². The molecule has 0 aliphatic rings. The van der Waals surface area contributed by atoms with Crippen LogP contribution in [0, 0.1) is 0 Å². The number of carbonyl (C=O) groups is 4. The maximum absolute atomic E-state index is 13.2. The van der Waals surface area contributed by atoms with E-state index < -0.39 is 47.9 Å². The molecular weight excluding hydrogens is 510 g/mol. The molecule has 0 bridgehead atoms. The standard InChI is InChI=1S/C26H31N5O6S/c1-14(27)23(33)29-20(11-16-12-28-19-5-3-2-4-18(16)19)24(34)31-22(13-38)25(35)30-21(26(36)37)10-15-6-8-17(32)9-7-15/h2-9,12,14,20-22,28,32,38H,10-11,13,27H2,1H3,(H,29,33)(H,30,35)(H,31,34)(H,36,37). The van der Waals surface area contributed by atoms with Crippen LogP contribution in [0.2, 0.25) is 0 Å². The first-order chi connectivity index (χ1) is 18.1. The SMILES string of the molecule is CC(N)C(=O)NC(Cc1c[nH]c2ccccc12)C(=O)NC(CS)C(=O)NC(Cc1ccc(O)cc1)C(=O)O. The Kier molecular flexibility index (Phi) is 9.74. The molecule has 1 aromatic heterocycles. The normalized spacial score (nSPS) is 14.2. The Hall–Kier alpha value is -4.03. The van der Waals surface area contributed by atoms with E-state index in [0.717, 1.165) is 16.5 Å². The van der Waals surface area contributed by atoms with Gasteiger partial charge in [-0.2, -0.15) is 12.6 Å². The average molecular weight is 542 g/mol. The lowest BCUT2D eigenvalue weighted by Crippen LogP contribution is -2.58. The number of carboxylic acids is 1. The Morgan fingerprint density at radius 2 is 1.50 bits per heavy atom. The van der Waals surface area contributed by atoms with Crippen LogP contribution in [0.15, 0.2) is 54.7 Å². The van der Waals surface area contributed by atoms with E-state index in [9.17, 15) is 29.4 Å². The minimum Gasteiger partial charge on any atom is -0.508 e. The summed E-state index contributed by atoms with van der Waals surface area (Å²) in [5, 5.41) is 27.5. The molecule has 0 spiro atoms. The summed E-state index contributed by atoms with van der Waals surface area (Å²) in [5.41, 5.74) is 7.90. The number of carboxylic acid groups (broad SMARTS) is 1. The first-order valence-corrected chi connectivity index (χ1v) is 12.6. The van der Waals surface area contributed by atoms with Crippen molar-refractivity contribution in [3.63, 3.8) is 0 Å². The van der Waals surface area contributed by atoms with Gasteiger partial charge in [-0.15, -0.1) is 0 Å². The minimum absolute atomic E-state index is 0.0285. The summed E-state index contributed by atoms with van der Waals surface area (Å²) in [6.45, 7) is 1.49. The van der Waals surface area contributed by atoms with E-state index in [4.69, 9.17) is 5.73 Å². The van der Waals surface area contributed by atoms with Gasteiger partial charge in [0.2, 0.25) is 17.7 Å². The third-order valence-corrected chi connectivity index (χ3v) is 6.32. The van der Waals surface area contributed by atoms with Crippen molar-refractivity contribution in [1.29, 1.82) is 0 Å². The molecule has 0 radical (unpaired) electrons. The number of aromatic amines is 1. The summed E-state index contributed by atoms with van der Waals surface area (Å²) in [6.07, 6.45) is 1.82. The van der Waals surface area contributed by atoms with Gasteiger partial charge in [0.1, 0.15) is 23.9 Å². The number of hydrogen-bond donors (Lipinski definition) is 8. The van der Waals surface area contributed by atoms with Gasteiger partial charge in [0.15, 0.2) is 0 Å². The number of aliphatic carboxylic acids is 1. The first kappa shape index (κ1) is 28.5. The van der Waals surface area contributed by atoms with Gasteiger partial charge in [0, 0.05) is 35.7 Å². The number of rotatable bonds is 12. The van der Waals surface area contributed by atoms with Crippen LogP contribution in [0.1, 0.15) is 18.1 Å². The quantitative estimate of drug-likeness (QED) is 0.153. The molecule has 38 heavy (non-hydrogen) atoms. The number of hydrogen-bond acceptors (Lipinski definition) is 7. The van der Waals surface area contributed by atoms with Crippen LogP contribution < -0.4 is 21.7 Å². The van der Waals surface area contributed by atoms with Gasteiger partial charge in [-0.1, -0.05) is 30.3 Å². The van der Waals surface area contributed by atoms with Crippen LogP contribution in [0.5, 0.6) is 5.75 Å². The van der Waals surface area contributed by atoms with E-state index in [0.29, 0.717) is 5.56 Å². The zero-order valence-electron chi connectivity index (χ0n) is 20.7. The topological polar surface area (TPSA) is 187 Å². The zero-order valence-corrected chi connectivity index (χ0v) is 21.6. The van der Waals surface area contributed by atoms with Crippen LogP contribution in [0.4, 0.5) is 0 Å². The Bertz CT molecular complexity index is 1290. The second-order valence-corrected chi connectivity index (χ2v) is 9.29. The number of nitrogens with one attached hydrogen (secondary N) is 4. The van der Waals surface area contributed by atoms with E-state index in [1.54, 1.807) is 18.3 Å². The summed E-state index contributed by atoms with van der Waals surface area (Å²) in [7, 11) is 0. The first-order valence-electron chi connectivity index (χ1n) is 11.9. The second-order valence-electron chi connectivity index (χ2n) is 8.93. The second kappa shape index (κ2) is 13.0. The third kappa shape index (κ3) is 7.49. The number of fused-ring (bicyclic) bond motifs is 1. The molecule has 3 aromatic rings. The predicted molar refractivity (Wildman–Crippen MR) is 145 cm³/mol. The smallest absolute Gasteiger partial charge is 0.326 e. The molecule has 3 rings (SSSR count). The van der Waals surface area contributed by atoms with Crippen molar-refractivity contribution in [1.82, 2.24) is 20.9 Å². The number of phenols is 1.